The largest absolute Gasteiger partial charge is 0.465 e. The average Bonchev–Trinajstić information content (AvgIpc) is 2.83. The Kier molecular flexibility index (Phi) is 8.59. The molecule has 0 bridgehead atoms. The molecule has 31 heavy (non-hydrogen) atoms. The Bertz CT molecular complexity index is 916. The highest BCUT2D eigenvalue weighted by atomic mass is 16.5. The summed E-state index contributed by atoms with van der Waals surface area (Å²) in [5.74, 6) is -0.305. The van der Waals surface area contributed by atoms with Gasteiger partial charge in [-0.25, -0.2) is 0 Å². The monoisotopic (exact) mass is 415 g/mol. The summed E-state index contributed by atoms with van der Waals surface area (Å²) in [4.78, 5) is 12.8. The molecule has 0 heterocycles. The highest BCUT2D eigenvalue weighted by molar-refractivity contribution is 5.77. The fourth-order valence-corrected chi connectivity index (χ4v) is 3.54. The van der Waals surface area contributed by atoms with Crippen LogP contribution in [0.25, 0.3) is 5.57 Å². The van der Waals surface area contributed by atoms with E-state index in [1.165, 1.54) is 0 Å². The number of aliphatic hydroxyl groups excluding tert-OH is 1. The van der Waals surface area contributed by atoms with Crippen LogP contribution in [0.5, 0.6) is 0 Å². The number of esters is 1. The van der Waals surface area contributed by atoms with Crippen molar-refractivity contribution < 1.29 is 14.6 Å². The highest BCUT2D eigenvalue weighted by Crippen LogP contribution is 2.24. The predicted octanol–water partition coefficient (Wildman–Crippen LogP) is 4.76. The van der Waals surface area contributed by atoms with Gasteiger partial charge in [-0.1, -0.05) is 97.1 Å². The molecule has 4 heteroatoms. The zero-order valence-corrected chi connectivity index (χ0v) is 17.8. The standard InChI is InChI=1S/C27H29NO3/c1-2-31-27(30)25(19-18-24(20-29)21-12-6-3-7-13-21)28-26(22-14-8-4-9-15-22)23-16-10-5-11-17-23/h3-18,25-26,28-29H,2,19-20H2,1H3/b24-18+. The van der Waals surface area contributed by atoms with Gasteiger partial charge in [0.15, 0.2) is 0 Å². The van der Waals surface area contributed by atoms with Crippen molar-refractivity contribution in [3.63, 3.8) is 0 Å². The summed E-state index contributed by atoms with van der Waals surface area (Å²) in [5.41, 5.74) is 3.86. The molecule has 2 N–H and O–H groups in total. The number of carbonyl (C=O) groups is 1. The third kappa shape index (κ3) is 6.38. The lowest BCUT2D eigenvalue weighted by molar-refractivity contribution is -0.145. The van der Waals surface area contributed by atoms with Crippen LogP contribution in [0.4, 0.5) is 0 Å². The first kappa shape index (κ1) is 22.5. The van der Waals surface area contributed by atoms with Crippen molar-refractivity contribution in [2.24, 2.45) is 0 Å². The lowest BCUT2D eigenvalue weighted by atomic mass is 9.96. The van der Waals surface area contributed by atoms with E-state index < -0.39 is 6.04 Å². The summed E-state index contributed by atoms with van der Waals surface area (Å²) in [6.45, 7) is 2.02. The van der Waals surface area contributed by atoms with E-state index in [2.05, 4.69) is 5.32 Å². The van der Waals surface area contributed by atoms with E-state index in [1.807, 2.05) is 97.1 Å². The van der Waals surface area contributed by atoms with Gasteiger partial charge in [0, 0.05) is 0 Å². The number of nitrogens with one attached hydrogen (secondary N) is 1. The first-order valence-electron chi connectivity index (χ1n) is 10.6. The maximum Gasteiger partial charge on any atom is 0.323 e. The summed E-state index contributed by atoms with van der Waals surface area (Å²) < 4.78 is 5.36. The Morgan fingerprint density at radius 3 is 1.90 bits per heavy atom. The molecule has 0 saturated heterocycles. The Morgan fingerprint density at radius 2 is 1.42 bits per heavy atom. The van der Waals surface area contributed by atoms with Gasteiger partial charge in [-0.3, -0.25) is 10.1 Å². The first-order chi connectivity index (χ1) is 15.2. The molecular formula is C27H29NO3. The molecule has 0 aromatic heterocycles. The summed E-state index contributed by atoms with van der Waals surface area (Å²) in [5, 5.41) is 13.4. The zero-order valence-electron chi connectivity index (χ0n) is 17.8. The van der Waals surface area contributed by atoms with Crippen molar-refractivity contribution in [2.75, 3.05) is 13.2 Å². The average molecular weight is 416 g/mol. The van der Waals surface area contributed by atoms with Gasteiger partial charge in [-0.2, -0.15) is 0 Å². The van der Waals surface area contributed by atoms with Crippen LogP contribution in [0, 0.1) is 0 Å². The Hall–Kier alpha value is -3.21. The molecule has 4 nitrogen and oxygen atoms in total. The van der Waals surface area contributed by atoms with E-state index in [-0.39, 0.29) is 18.6 Å². The minimum absolute atomic E-state index is 0.0969. The number of hydrogen-bond donors (Lipinski definition) is 2. The van der Waals surface area contributed by atoms with Gasteiger partial charge in [-0.15, -0.1) is 0 Å². The van der Waals surface area contributed by atoms with Crippen molar-refractivity contribution in [1.82, 2.24) is 5.32 Å². The van der Waals surface area contributed by atoms with Crippen LogP contribution >= 0.6 is 0 Å². The molecular weight excluding hydrogens is 386 g/mol. The summed E-state index contributed by atoms with van der Waals surface area (Å²) in [6, 6.07) is 29.1. The molecule has 0 saturated carbocycles. The number of aliphatic hydroxyl groups is 1. The topological polar surface area (TPSA) is 58.6 Å². The molecule has 0 aliphatic rings. The predicted molar refractivity (Wildman–Crippen MR) is 124 cm³/mol. The molecule has 0 radical (unpaired) electrons. The Balaban J connectivity index is 1.89. The van der Waals surface area contributed by atoms with Crippen LogP contribution in [0.1, 0.15) is 36.1 Å². The second-order valence-corrected chi connectivity index (χ2v) is 7.21. The van der Waals surface area contributed by atoms with Gasteiger partial charge >= 0.3 is 5.97 Å². The molecule has 0 spiro atoms. The fraction of sp³-hybridized carbons (Fsp3) is 0.222. The van der Waals surface area contributed by atoms with Crippen molar-refractivity contribution in [2.45, 2.75) is 25.4 Å². The van der Waals surface area contributed by atoms with E-state index in [0.29, 0.717) is 13.0 Å². The fourth-order valence-electron chi connectivity index (χ4n) is 3.54. The zero-order chi connectivity index (χ0) is 21.9. The third-order valence-electron chi connectivity index (χ3n) is 5.12. The quantitative estimate of drug-likeness (QED) is 0.469. The molecule has 0 aliphatic carbocycles. The second-order valence-electron chi connectivity index (χ2n) is 7.21. The molecule has 3 rings (SSSR count). The second kappa shape index (κ2) is 11.8. The van der Waals surface area contributed by atoms with Crippen LogP contribution < -0.4 is 5.32 Å². The van der Waals surface area contributed by atoms with E-state index in [0.717, 1.165) is 22.3 Å². The van der Waals surface area contributed by atoms with Gasteiger partial charge in [0.25, 0.3) is 0 Å². The Labute approximate surface area is 184 Å². The van der Waals surface area contributed by atoms with Gasteiger partial charge < -0.3 is 9.84 Å². The van der Waals surface area contributed by atoms with Crippen molar-refractivity contribution >= 4 is 11.5 Å². The third-order valence-corrected chi connectivity index (χ3v) is 5.12. The van der Waals surface area contributed by atoms with Gasteiger partial charge in [0.1, 0.15) is 6.04 Å². The van der Waals surface area contributed by atoms with Crippen molar-refractivity contribution in [3.8, 4) is 0 Å². The summed E-state index contributed by atoms with van der Waals surface area (Å²) in [6.07, 6.45) is 2.32. The van der Waals surface area contributed by atoms with E-state index in [4.69, 9.17) is 4.74 Å². The lowest BCUT2D eigenvalue weighted by Gasteiger charge is -2.25. The molecule has 3 aromatic rings. The van der Waals surface area contributed by atoms with Crippen molar-refractivity contribution in [1.29, 1.82) is 0 Å². The first-order valence-corrected chi connectivity index (χ1v) is 10.6. The Morgan fingerprint density at radius 1 is 0.903 bits per heavy atom. The van der Waals surface area contributed by atoms with Crippen LogP contribution in [-0.2, 0) is 9.53 Å². The van der Waals surface area contributed by atoms with Crippen LogP contribution in [0.15, 0.2) is 97.1 Å². The van der Waals surface area contributed by atoms with Gasteiger partial charge in [0.05, 0.1) is 19.3 Å². The highest BCUT2D eigenvalue weighted by Gasteiger charge is 2.24. The number of rotatable bonds is 10. The minimum Gasteiger partial charge on any atom is -0.465 e. The summed E-state index contributed by atoms with van der Waals surface area (Å²) >= 11 is 0. The number of carbonyl (C=O) groups excluding carboxylic acids is 1. The lowest BCUT2D eigenvalue weighted by Crippen LogP contribution is -2.40. The van der Waals surface area contributed by atoms with E-state index in [9.17, 15) is 9.90 Å². The van der Waals surface area contributed by atoms with Crippen LogP contribution in [-0.4, -0.2) is 30.3 Å². The molecule has 0 fully saturated rings. The normalized spacial score (nSPS) is 12.5. The van der Waals surface area contributed by atoms with E-state index >= 15 is 0 Å². The van der Waals surface area contributed by atoms with E-state index in [1.54, 1.807) is 6.92 Å². The number of ether oxygens (including phenoxy) is 1. The summed E-state index contributed by atoms with van der Waals surface area (Å²) in [7, 11) is 0. The molecule has 0 amide bonds. The minimum atomic E-state index is -0.560. The van der Waals surface area contributed by atoms with Gasteiger partial charge in [-0.05, 0) is 35.6 Å². The SMILES string of the molecule is CCOC(=O)C(C/C=C(\CO)c1ccccc1)NC(c1ccccc1)c1ccccc1. The maximum absolute atomic E-state index is 12.8. The molecule has 1 atom stereocenters. The molecule has 0 aliphatic heterocycles. The van der Waals surface area contributed by atoms with Gasteiger partial charge in [0.2, 0.25) is 0 Å². The van der Waals surface area contributed by atoms with Crippen molar-refractivity contribution in [3.05, 3.63) is 114 Å². The molecule has 160 valence electrons. The maximum atomic E-state index is 12.8. The number of benzene rings is 3. The molecule has 3 aromatic carbocycles. The smallest absolute Gasteiger partial charge is 0.323 e. The number of hydrogen-bond acceptors (Lipinski definition) is 4. The van der Waals surface area contributed by atoms with Crippen LogP contribution in [0.3, 0.4) is 0 Å². The van der Waals surface area contributed by atoms with Crippen LogP contribution in [0.2, 0.25) is 0 Å². The molecule has 1 unspecified atom stereocenters.